The second-order valence-corrected chi connectivity index (χ2v) is 8.00. The molecule has 0 radical (unpaired) electrons. The van der Waals surface area contributed by atoms with E-state index in [1.165, 1.54) is 17.8 Å². The molecular weight excluding hydrogens is 334 g/mol. The molecule has 3 heterocycles. The van der Waals surface area contributed by atoms with Crippen LogP contribution >= 0.6 is 11.3 Å². The van der Waals surface area contributed by atoms with E-state index in [4.69, 9.17) is 0 Å². The maximum Gasteiger partial charge on any atom is 0.266 e. The highest BCUT2D eigenvalue weighted by Gasteiger charge is 2.24. The number of nitrogens with zero attached hydrogens (tertiary/aromatic N) is 2. The zero-order valence-electron chi connectivity index (χ0n) is 14.4. The molecule has 0 aromatic carbocycles. The van der Waals surface area contributed by atoms with Gasteiger partial charge in [0, 0.05) is 12.2 Å². The average Bonchev–Trinajstić information content (AvgIpc) is 3.03. The molecule has 0 saturated heterocycles. The highest BCUT2D eigenvalue weighted by molar-refractivity contribution is 7.20. The first-order chi connectivity index (χ1) is 12.0. The third-order valence-corrected chi connectivity index (χ3v) is 6.21. The lowest BCUT2D eigenvalue weighted by Gasteiger charge is -2.29. The zero-order chi connectivity index (χ0) is 17.6. The van der Waals surface area contributed by atoms with Crippen molar-refractivity contribution in [1.82, 2.24) is 14.7 Å². The summed E-state index contributed by atoms with van der Waals surface area (Å²) in [7, 11) is 0. The molecule has 6 heteroatoms. The number of aromatic nitrogens is 2. The van der Waals surface area contributed by atoms with Crippen LogP contribution in [-0.4, -0.2) is 21.3 Å². The van der Waals surface area contributed by atoms with Gasteiger partial charge < -0.3 is 5.32 Å². The third kappa shape index (κ3) is 2.84. The number of rotatable bonds is 2. The smallest absolute Gasteiger partial charge is 0.266 e. The Bertz CT molecular complexity index is 1020. The van der Waals surface area contributed by atoms with Crippen LogP contribution in [0.4, 0.5) is 0 Å². The van der Waals surface area contributed by atoms with Crippen LogP contribution in [0.1, 0.15) is 47.8 Å². The molecular formula is C19H21N3O2S. The van der Waals surface area contributed by atoms with Gasteiger partial charge in [0.1, 0.15) is 10.5 Å². The first-order valence-corrected chi connectivity index (χ1v) is 9.58. The van der Waals surface area contributed by atoms with Crippen molar-refractivity contribution in [2.45, 2.75) is 45.6 Å². The highest BCUT2D eigenvalue weighted by Crippen LogP contribution is 2.26. The van der Waals surface area contributed by atoms with Gasteiger partial charge in [-0.15, -0.1) is 11.3 Å². The van der Waals surface area contributed by atoms with E-state index < -0.39 is 0 Å². The molecule has 3 aromatic heterocycles. The molecule has 1 saturated carbocycles. The zero-order valence-corrected chi connectivity index (χ0v) is 15.2. The van der Waals surface area contributed by atoms with Crippen LogP contribution in [0.5, 0.6) is 0 Å². The third-order valence-electron chi connectivity index (χ3n) is 5.18. The Hall–Kier alpha value is -2.21. The minimum atomic E-state index is -0.120. The molecule has 1 aliphatic rings. The number of hydrogen-bond donors (Lipinski definition) is 1. The molecule has 1 N–H and O–H groups in total. The Morgan fingerprint density at radius 2 is 2.16 bits per heavy atom. The largest absolute Gasteiger partial charge is 0.348 e. The van der Waals surface area contributed by atoms with E-state index in [9.17, 15) is 9.59 Å². The minimum Gasteiger partial charge on any atom is -0.348 e. The van der Waals surface area contributed by atoms with Crippen molar-refractivity contribution < 1.29 is 4.79 Å². The number of carbonyl (C=O) groups is 1. The van der Waals surface area contributed by atoms with E-state index in [0.29, 0.717) is 26.7 Å². The van der Waals surface area contributed by atoms with Crippen LogP contribution in [0.2, 0.25) is 0 Å². The molecule has 25 heavy (non-hydrogen) atoms. The molecule has 1 aliphatic carbocycles. The number of hydrogen-bond acceptors (Lipinski definition) is 4. The standard InChI is InChI=1S/C19H21N3O2S/c1-11-6-3-4-8-14(11)20-17(23)15-10-13-18(25-15)21-16-12(2)7-5-9-22(16)19(13)24/h5,7,9-11,14H,3-4,6,8H2,1-2H3,(H,20,23). The van der Waals surface area contributed by atoms with Crippen LogP contribution in [0.15, 0.2) is 29.2 Å². The van der Waals surface area contributed by atoms with Crippen LogP contribution in [0, 0.1) is 12.8 Å². The van der Waals surface area contributed by atoms with Gasteiger partial charge in [-0.25, -0.2) is 4.98 Å². The summed E-state index contributed by atoms with van der Waals surface area (Å²) in [6.45, 7) is 4.12. The summed E-state index contributed by atoms with van der Waals surface area (Å²) < 4.78 is 1.55. The first-order valence-electron chi connectivity index (χ1n) is 8.77. The van der Waals surface area contributed by atoms with E-state index in [1.54, 1.807) is 16.7 Å². The van der Waals surface area contributed by atoms with Gasteiger partial charge in [0.25, 0.3) is 11.5 Å². The maximum absolute atomic E-state index is 12.7. The van der Waals surface area contributed by atoms with Crippen molar-refractivity contribution in [3.63, 3.8) is 0 Å². The summed E-state index contributed by atoms with van der Waals surface area (Å²) >= 11 is 1.30. The lowest BCUT2D eigenvalue weighted by Crippen LogP contribution is -2.40. The Kier molecular flexibility index (Phi) is 4.07. The van der Waals surface area contributed by atoms with Gasteiger partial charge in [-0.05, 0) is 43.4 Å². The number of pyridine rings is 1. The molecule has 0 aliphatic heterocycles. The lowest BCUT2D eigenvalue weighted by molar-refractivity contribution is 0.0914. The molecule has 1 amide bonds. The van der Waals surface area contributed by atoms with Gasteiger partial charge in [-0.3, -0.25) is 14.0 Å². The number of aryl methyl sites for hydroxylation is 1. The number of thiophene rings is 1. The van der Waals surface area contributed by atoms with Gasteiger partial charge in [-0.1, -0.05) is 25.8 Å². The lowest BCUT2D eigenvalue weighted by atomic mass is 9.86. The van der Waals surface area contributed by atoms with Gasteiger partial charge in [0.2, 0.25) is 0 Å². The summed E-state index contributed by atoms with van der Waals surface area (Å²) in [5.41, 5.74) is 1.47. The molecule has 0 spiro atoms. The van der Waals surface area contributed by atoms with Crippen LogP contribution < -0.4 is 10.9 Å². The summed E-state index contributed by atoms with van der Waals surface area (Å²) in [4.78, 5) is 31.2. The monoisotopic (exact) mass is 355 g/mol. The van der Waals surface area contributed by atoms with Crippen molar-refractivity contribution in [3.8, 4) is 0 Å². The first kappa shape index (κ1) is 16.3. The summed E-state index contributed by atoms with van der Waals surface area (Å²) in [6.07, 6.45) is 6.31. The van der Waals surface area contributed by atoms with E-state index in [0.717, 1.165) is 24.8 Å². The molecule has 2 unspecified atom stereocenters. The molecule has 1 fully saturated rings. The molecule has 2 atom stereocenters. The van der Waals surface area contributed by atoms with Gasteiger partial charge >= 0.3 is 0 Å². The highest BCUT2D eigenvalue weighted by atomic mass is 32.1. The predicted octanol–water partition coefficient (Wildman–Crippen LogP) is 3.53. The number of nitrogens with one attached hydrogen (secondary N) is 1. The normalized spacial score (nSPS) is 20.9. The van der Waals surface area contributed by atoms with Crippen LogP contribution in [0.25, 0.3) is 15.9 Å². The Morgan fingerprint density at radius 3 is 2.96 bits per heavy atom. The SMILES string of the molecule is Cc1cccn2c(=O)c3cc(C(=O)NC4CCCCC4C)sc3nc12. The predicted molar refractivity (Wildman–Crippen MR) is 100 cm³/mol. The van der Waals surface area contributed by atoms with E-state index >= 15 is 0 Å². The quantitative estimate of drug-likeness (QED) is 0.765. The van der Waals surface area contributed by atoms with Crippen molar-refractivity contribution >= 4 is 33.1 Å². The maximum atomic E-state index is 12.7. The summed E-state index contributed by atoms with van der Waals surface area (Å²) in [6, 6.07) is 5.68. The Morgan fingerprint density at radius 1 is 1.36 bits per heavy atom. The number of fused-ring (bicyclic) bond motifs is 2. The van der Waals surface area contributed by atoms with Gasteiger partial charge in [0.05, 0.1) is 10.3 Å². The Labute approximate surface area is 149 Å². The fraction of sp³-hybridized carbons (Fsp3) is 0.421. The molecule has 3 aromatic rings. The summed E-state index contributed by atoms with van der Waals surface area (Å²) in [5, 5.41) is 3.66. The average molecular weight is 355 g/mol. The second-order valence-electron chi connectivity index (χ2n) is 6.97. The Balaban J connectivity index is 1.72. The topological polar surface area (TPSA) is 63.5 Å². The van der Waals surface area contributed by atoms with Gasteiger partial charge in [-0.2, -0.15) is 0 Å². The minimum absolute atomic E-state index is 0.0908. The van der Waals surface area contributed by atoms with Crippen LogP contribution in [-0.2, 0) is 0 Å². The van der Waals surface area contributed by atoms with Crippen molar-refractivity contribution in [3.05, 3.63) is 45.2 Å². The molecule has 4 rings (SSSR count). The fourth-order valence-corrected chi connectivity index (χ4v) is 4.57. The fourth-order valence-electron chi connectivity index (χ4n) is 3.64. The van der Waals surface area contributed by atoms with Crippen LogP contribution in [0.3, 0.4) is 0 Å². The number of amides is 1. The molecule has 5 nitrogen and oxygen atoms in total. The van der Waals surface area contributed by atoms with Gasteiger partial charge in [0.15, 0.2) is 0 Å². The van der Waals surface area contributed by atoms with E-state index in [1.807, 2.05) is 19.1 Å². The second kappa shape index (κ2) is 6.26. The van der Waals surface area contributed by atoms with Crippen molar-refractivity contribution in [1.29, 1.82) is 0 Å². The number of carbonyl (C=O) groups excluding carboxylic acids is 1. The van der Waals surface area contributed by atoms with E-state index in [2.05, 4.69) is 17.2 Å². The van der Waals surface area contributed by atoms with Crippen molar-refractivity contribution in [2.75, 3.05) is 0 Å². The van der Waals surface area contributed by atoms with Crippen molar-refractivity contribution in [2.24, 2.45) is 5.92 Å². The molecule has 0 bridgehead atoms. The summed E-state index contributed by atoms with van der Waals surface area (Å²) in [5.74, 6) is 0.410. The molecule has 130 valence electrons. The van der Waals surface area contributed by atoms with E-state index in [-0.39, 0.29) is 17.5 Å².